The minimum atomic E-state index is 0.0369. The third-order valence-corrected chi connectivity index (χ3v) is 4.27. The van der Waals surface area contributed by atoms with Crippen LogP contribution in [-0.2, 0) is 12.0 Å². The Bertz CT molecular complexity index is 472. The van der Waals surface area contributed by atoms with Gasteiger partial charge in [-0.2, -0.15) is 0 Å². The lowest BCUT2D eigenvalue weighted by molar-refractivity contribution is 0.354. The summed E-state index contributed by atoms with van der Waals surface area (Å²) in [7, 11) is 1.77. The van der Waals surface area contributed by atoms with Crippen molar-refractivity contribution in [3.63, 3.8) is 0 Å². The molecule has 2 aliphatic rings. The second-order valence-corrected chi connectivity index (χ2v) is 5.54. The summed E-state index contributed by atoms with van der Waals surface area (Å²) in [5.41, 5.74) is 3.88. The highest BCUT2D eigenvalue weighted by Gasteiger charge is 2.37. The average Bonchev–Trinajstić information content (AvgIpc) is 2.96. The Labute approximate surface area is 108 Å². The molecule has 2 heterocycles. The lowest BCUT2D eigenvalue weighted by atomic mass is 9.84. The van der Waals surface area contributed by atoms with Gasteiger partial charge < -0.3 is 14.8 Å². The Morgan fingerprint density at radius 2 is 2.28 bits per heavy atom. The van der Waals surface area contributed by atoms with Gasteiger partial charge in [0, 0.05) is 23.1 Å². The van der Waals surface area contributed by atoms with Crippen LogP contribution in [0.5, 0.6) is 11.5 Å². The summed E-state index contributed by atoms with van der Waals surface area (Å²) in [6.45, 7) is 6.27. The topological polar surface area (TPSA) is 30.5 Å². The smallest absolute Gasteiger partial charge is 0.127 e. The molecule has 1 N–H and O–H groups in total. The first-order chi connectivity index (χ1) is 8.65. The first-order valence-electron chi connectivity index (χ1n) is 6.74. The first-order valence-corrected chi connectivity index (χ1v) is 6.74. The van der Waals surface area contributed by atoms with E-state index >= 15 is 0 Å². The number of benzene rings is 1. The zero-order chi connectivity index (χ0) is 12.8. The van der Waals surface area contributed by atoms with Crippen LogP contribution in [0.25, 0.3) is 0 Å². The maximum absolute atomic E-state index is 5.74. The number of hydrogen-bond donors (Lipinski definition) is 1. The molecule has 1 saturated heterocycles. The zero-order valence-electron chi connectivity index (χ0n) is 11.4. The van der Waals surface area contributed by atoms with E-state index in [0.29, 0.717) is 0 Å². The number of methoxy groups -OCH3 is 1. The van der Waals surface area contributed by atoms with Gasteiger partial charge in [0.15, 0.2) is 0 Å². The van der Waals surface area contributed by atoms with Gasteiger partial charge in [-0.1, -0.05) is 0 Å². The second kappa shape index (κ2) is 4.16. The summed E-state index contributed by atoms with van der Waals surface area (Å²) in [5, 5.41) is 3.65. The number of hydrogen-bond acceptors (Lipinski definition) is 3. The van der Waals surface area contributed by atoms with E-state index in [4.69, 9.17) is 9.47 Å². The molecule has 0 bridgehead atoms. The van der Waals surface area contributed by atoms with Crippen LogP contribution in [0.4, 0.5) is 0 Å². The Morgan fingerprint density at radius 3 is 2.94 bits per heavy atom. The third kappa shape index (κ3) is 1.61. The van der Waals surface area contributed by atoms with E-state index in [-0.39, 0.29) is 5.54 Å². The molecule has 2 aliphatic heterocycles. The van der Waals surface area contributed by atoms with E-state index < -0.39 is 0 Å². The van der Waals surface area contributed by atoms with Crippen molar-refractivity contribution in [2.45, 2.75) is 38.6 Å². The van der Waals surface area contributed by atoms with E-state index in [2.05, 4.69) is 25.2 Å². The molecule has 18 heavy (non-hydrogen) atoms. The fourth-order valence-corrected chi connectivity index (χ4v) is 3.40. The normalized spacial score (nSPS) is 25.9. The molecule has 0 aromatic heterocycles. The van der Waals surface area contributed by atoms with E-state index in [1.807, 2.05) is 0 Å². The van der Waals surface area contributed by atoms with Gasteiger partial charge in [-0.05, 0) is 44.9 Å². The fourth-order valence-electron chi connectivity index (χ4n) is 3.40. The fraction of sp³-hybridized carbons (Fsp3) is 0.600. The van der Waals surface area contributed by atoms with E-state index in [1.54, 1.807) is 7.11 Å². The van der Waals surface area contributed by atoms with Gasteiger partial charge in [0.2, 0.25) is 0 Å². The highest BCUT2D eigenvalue weighted by Crippen LogP contribution is 2.45. The van der Waals surface area contributed by atoms with Crippen molar-refractivity contribution in [3.8, 4) is 11.5 Å². The second-order valence-electron chi connectivity index (χ2n) is 5.54. The number of aryl methyl sites for hydroxylation is 1. The van der Waals surface area contributed by atoms with Crippen LogP contribution in [0.15, 0.2) is 6.07 Å². The lowest BCUT2D eigenvalue weighted by Gasteiger charge is -2.30. The average molecular weight is 247 g/mol. The summed E-state index contributed by atoms with van der Waals surface area (Å²) in [6, 6.07) is 2.11. The molecule has 0 amide bonds. The molecule has 0 saturated carbocycles. The molecule has 1 fully saturated rings. The van der Waals surface area contributed by atoms with Gasteiger partial charge in [0.05, 0.1) is 13.7 Å². The Kier molecular flexibility index (Phi) is 2.74. The number of ether oxygens (including phenoxy) is 2. The molecule has 98 valence electrons. The van der Waals surface area contributed by atoms with Gasteiger partial charge in [-0.3, -0.25) is 0 Å². The Hall–Kier alpha value is -1.22. The van der Waals surface area contributed by atoms with Crippen LogP contribution in [0, 0.1) is 6.92 Å². The van der Waals surface area contributed by atoms with Crippen LogP contribution in [0.3, 0.4) is 0 Å². The van der Waals surface area contributed by atoms with E-state index in [0.717, 1.165) is 31.1 Å². The summed E-state index contributed by atoms with van der Waals surface area (Å²) in [5.74, 6) is 2.09. The van der Waals surface area contributed by atoms with Crippen molar-refractivity contribution in [3.05, 3.63) is 22.8 Å². The highest BCUT2D eigenvalue weighted by atomic mass is 16.5. The maximum Gasteiger partial charge on any atom is 0.127 e. The zero-order valence-corrected chi connectivity index (χ0v) is 11.4. The van der Waals surface area contributed by atoms with E-state index in [9.17, 15) is 0 Å². The largest absolute Gasteiger partial charge is 0.496 e. The molecule has 0 spiro atoms. The molecule has 0 radical (unpaired) electrons. The van der Waals surface area contributed by atoms with Crippen LogP contribution < -0.4 is 14.8 Å². The van der Waals surface area contributed by atoms with Crippen LogP contribution >= 0.6 is 0 Å². The molecule has 0 aliphatic carbocycles. The van der Waals surface area contributed by atoms with Crippen molar-refractivity contribution in [2.24, 2.45) is 0 Å². The molecular formula is C15H21NO2. The minimum absolute atomic E-state index is 0.0369. The SMILES string of the molecule is COc1c(C)cc2c(c1C1(C)CCCN1)CCO2. The summed E-state index contributed by atoms with van der Waals surface area (Å²) in [6.07, 6.45) is 3.39. The molecule has 1 atom stereocenters. The monoisotopic (exact) mass is 247 g/mol. The Balaban J connectivity index is 2.22. The van der Waals surface area contributed by atoms with Gasteiger partial charge >= 0.3 is 0 Å². The molecule has 3 heteroatoms. The number of rotatable bonds is 2. The van der Waals surface area contributed by atoms with Gasteiger partial charge in [-0.15, -0.1) is 0 Å². The molecule has 1 aromatic rings. The maximum atomic E-state index is 5.74. The van der Waals surface area contributed by atoms with Crippen LogP contribution in [0.1, 0.15) is 36.5 Å². The summed E-state index contributed by atoms with van der Waals surface area (Å²) < 4.78 is 11.4. The van der Waals surface area contributed by atoms with Gasteiger partial charge in [0.1, 0.15) is 11.5 Å². The first kappa shape index (κ1) is 11.8. The summed E-state index contributed by atoms with van der Waals surface area (Å²) >= 11 is 0. The van der Waals surface area contributed by atoms with Crippen molar-refractivity contribution < 1.29 is 9.47 Å². The Morgan fingerprint density at radius 1 is 1.44 bits per heavy atom. The van der Waals surface area contributed by atoms with Gasteiger partial charge in [-0.25, -0.2) is 0 Å². The lowest BCUT2D eigenvalue weighted by Crippen LogP contribution is -2.34. The molecule has 1 aromatic carbocycles. The number of nitrogens with one attached hydrogen (secondary N) is 1. The predicted octanol–water partition coefficient (Wildman–Crippen LogP) is 2.54. The van der Waals surface area contributed by atoms with Crippen molar-refractivity contribution >= 4 is 0 Å². The molecule has 3 rings (SSSR count). The standard InChI is InChI=1S/C15H21NO2/c1-10-9-12-11(5-8-18-12)13(14(10)17-3)15(2)6-4-7-16-15/h9,16H,4-8H2,1-3H3. The van der Waals surface area contributed by atoms with Crippen molar-refractivity contribution in [2.75, 3.05) is 20.3 Å². The predicted molar refractivity (Wildman–Crippen MR) is 71.5 cm³/mol. The molecule has 3 nitrogen and oxygen atoms in total. The van der Waals surface area contributed by atoms with E-state index in [1.165, 1.54) is 29.5 Å². The number of fused-ring (bicyclic) bond motifs is 1. The minimum Gasteiger partial charge on any atom is -0.496 e. The third-order valence-electron chi connectivity index (χ3n) is 4.27. The van der Waals surface area contributed by atoms with Crippen LogP contribution in [0.2, 0.25) is 0 Å². The van der Waals surface area contributed by atoms with Crippen molar-refractivity contribution in [1.82, 2.24) is 5.32 Å². The molecular weight excluding hydrogens is 226 g/mol. The summed E-state index contributed by atoms with van der Waals surface area (Å²) in [4.78, 5) is 0. The van der Waals surface area contributed by atoms with Crippen LogP contribution in [-0.4, -0.2) is 20.3 Å². The molecule has 1 unspecified atom stereocenters. The van der Waals surface area contributed by atoms with Crippen molar-refractivity contribution in [1.29, 1.82) is 0 Å². The highest BCUT2D eigenvalue weighted by molar-refractivity contribution is 5.57. The van der Waals surface area contributed by atoms with Gasteiger partial charge in [0.25, 0.3) is 0 Å². The quantitative estimate of drug-likeness (QED) is 0.871.